The van der Waals surface area contributed by atoms with E-state index in [1.807, 2.05) is 41.9 Å². The second kappa shape index (κ2) is 4.65. The predicted octanol–water partition coefficient (Wildman–Crippen LogP) is 2.27. The number of hydrogen-bond donors (Lipinski definition) is 2. The molecule has 20 heavy (non-hydrogen) atoms. The first-order valence-electron chi connectivity index (χ1n) is 6.05. The summed E-state index contributed by atoms with van der Waals surface area (Å²) in [6.07, 6.45) is 1.75. The van der Waals surface area contributed by atoms with Gasteiger partial charge in [-0.1, -0.05) is 12.1 Å². The molecule has 0 spiro atoms. The van der Waals surface area contributed by atoms with Gasteiger partial charge in [0.15, 0.2) is 0 Å². The zero-order valence-corrected chi connectivity index (χ0v) is 10.7. The van der Waals surface area contributed by atoms with Gasteiger partial charge in [-0.25, -0.2) is 9.48 Å². The number of nitrogens with zero attached hydrogens (tertiary/aromatic N) is 3. The van der Waals surface area contributed by atoms with E-state index in [0.29, 0.717) is 5.69 Å². The summed E-state index contributed by atoms with van der Waals surface area (Å²) in [5.41, 5.74) is 3.52. The highest BCUT2D eigenvalue weighted by Crippen LogP contribution is 2.20. The second-order valence-electron chi connectivity index (χ2n) is 4.40. The first kappa shape index (κ1) is 12.2. The van der Waals surface area contributed by atoms with Gasteiger partial charge < -0.3 is 5.11 Å². The Bertz CT molecular complexity index is 756. The summed E-state index contributed by atoms with van der Waals surface area (Å²) < 4.78 is 1.83. The molecule has 0 aliphatic carbocycles. The SMILES string of the molecule is Cc1ccnn1-c1ccc(-c2cc(C(=O)O)[nH]n2)cc1. The third-order valence-corrected chi connectivity index (χ3v) is 3.05. The van der Waals surface area contributed by atoms with Crippen LogP contribution < -0.4 is 0 Å². The number of carboxylic acid groups (broad SMARTS) is 1. The van der Waals surface area contributed by atoms with Gasteiger partial charge in [-0.2, -0.15) is 10.2 Å². The van der Waals surface area contributed by atoms with E-state index in [4.69, 9.17) is 5.11 Å². The predicted molar refractivity (Wildman–Crippen MR) is 72.8 cm³/mol. The molecule has 0 bridgehead atoms. The van der Waals surface area contributed by atoms with Crippen LogP contribution in [0.1, 0.15) is 16.2 Å². The van der Waals surface area contributed by atoms with Crippen molar-refractivity contribution >= 4 is 5.97 Å². The lowest BCUT2D eigenvalue weighted by Gasteiger charge is -2.04. The lowest BCUT2D eigenvalue weighted by atomic mass is 10.1. The molecule has 3 aromatic rings. The fraction of sp³-hybridized carbons (Fsp3) is 0.0714. The highest BCUT2D eigenvalue weighted by molar-refractivity contribution is 5.86. The molecule has 0 unspecified atom stereocenters. The topological polar surface area (TPSA) is 83.8 Å². The van der Waals surface area contributed by atoms with Crippen LogP contribution in [0.4, 0.5) is 0 Å². The molecule has 0 atom stereocenters. The maximum absolute atomic E-state index is 10.8. The van der Waals surface area contributed by atoms with E-state index in [2.05, 4.69) is 15.3 Å². The molecule has 0 saturated carbocycles. The molecule has 0 aliphatic heterocycles. The maximum atomic E-state index is 10.8. The van der Waals surface area contributed by atoms with E-state index in [1.165, 1.54) is 6.07 Å². The number of rotatable bonds is 3. The lowest BCUT2D eigenvalue weighted by molar-refractivity contribution is 0.0690. The molecule has 0 saturated heterocycles. The third-order valence-electron chi connectivity index (χ3n) is 3.05. The van der Waals surface area contributed by atoms with E-state index in [1.54, 1.807) is 6.20 Å². The highest BCUT2D eigenvalue weighted by atomic mass is 16.4. The molecule has 1 aromatic carbocycles. The Kier molecular flexibility index (Phi) is 2.83. The van der Waals surface area contributed by atoms with Crippen LogP contribution >= 0.6 is 0 Å². The summed E-state index contributed by atoms with van der Waals surface area (Å²) in [5, 5.41) is 19.6. The molecule has 2 N–H and O–H groups in total. The maximum Gasteiger partial charge on any atom is 0.353 e. The zero-order valence-electron chi connectivity index (χ0n) is 10.7. The van der Waals surface area contributed by atoms with Crippen molar-refractivity contribution in [3.63, 3.8) is 0 Å². The van der Waals surface area contributed by atoms with Crippen molar-refractivity contribution in [3.8, 4) is 16.9 Å². The van der Waals surface area contributed by atoms with Crippen molar-refractivity contribution in [3.05, 3.63) is 54.0 Å². The van der Waals surface area contributed by atoms with Crippen molar-refractivity contribution in [2.75, 3.05) is 0 Å². The van der Waals surface area contributed by atoms with Crippen LogP contribution in [0.2, 0.25) is 0 Å². The fourth-order valence-corrected chi connectivity index (χ4v) is 1.99. The smallest absolute Gasteiger partial charge is 0.353 e. The van der Waals surface area contributed by atoms with Crippen LogP contribution in [0.5, 0.6) is 0 Å². The second-order valence-corrected chi connectivity index (χ2v) is 4.40. The molecule has 100 valence electrons. The summed E-state index contributed by atoms with van der Waals surface area (Å²) in [7, 11) is 0. The van der Waals surface area contributed by atoms with E-state index in [9.17, 15) is 4.79 Å². The molecular formula is C14H12N4O2. The van der Waals surface area contributed by atoms with E-state index in [-0.39, 0.29) is 5.69 Å². The van der Waals surface area contributed by atoms with Gasteiger partial charge >= 0.3 is 5.97 Å². The van der Waals surface area contributed by atoms with Crippen LogP contribution in [-0.4, -0.2) is 31.1 Å². The lowest BCUT2D eigenvalue weighted by Crippen LogP contribution is -1.97. The number of carbonyl (C=O) groups is 1. The van der Waals surface area contributed by atoms with Gasteiger partial charge in [-0.05, 0) is 31.2 Å². The van der Waals surface area contributed by atoms with Gasteiger partial charge in [-0.15, -0.1) is 0 Å². The molecule has 2 aromatic heterocycles. The van der Waals surface area contributed by atoms with Crippen molar-refractivity contribution in [2.45, 2.75) is 6.92 Å². The first-order chi connectivity index (χ1) is 9.65. The number of aryl methyl sites for hydroxylation is 1. The van der Waals surface area contributed by atoms with Crippen LogP contribution in [0.3, 0.4) is 0 Å². The quantitative estimate of drug-likeness (QED) is 0.763. The van der Waals surface area contributed by atoms with Crippen LogP contribution in [-0.2, 0) is 0 Å². The number of nitrogens with one attached hydrogen (secondary N) is 1. The van der Waals surface area contributed by atoms with Gasteiger partial charge in [0.1, 0.15) is 5.69 Å². The minimum Gasteiger partial charge on any atom is -0.477 e. The first-order valence-corrected chi connectivity index (χ1v) is 6.05. The number of carboxylic acids is 1. The number of aromatic amines is 1. The van der Waals surface area contributed by atoms with Gasteiger partial charge in [0.25, 0.3) is 0 Å². The van der Waals surface area contributed by atoms with Gasteiger partial charge in [0, 0.05) is 17.5 Å². The van der Waals surface area contributed by atoms with Gasteiger partial charge in [-0.3, -0.25) is 5.10 Å². The molecule has 6 heteroatoms. The Hall–Kier alpha value is -2.89. The number of hydrogen-bond acceptors (Lipinski definition) is 3. The molecule has 0 radical (unpaired) electrons. The monoisotopic (exact) mass is 268 g/mol. The standard InChI is InChI=1S/C14H12N4O2/c1-9-6-7-15-18(9)11-4-2-10(3-5-11)12-8-13(14(19)20)17-16-12/h2-8H,1H3,(H,16,17)(H,19,20). The summed E-state index contributed by atoms with van der Waals surface area (Å²) in [5.74, 6) is -1.02. The van der Waals surface area contributed by atoms with Crippen molar-refractivity contribution in [2.24, 2.45) is 0 Å². The number of aromatic carboxylic acids is 1. The Labute approximate surface area is 114 Å². The third kappa shape index (κ3) is 2.07. The van der Waals surface area contributed by atoms with E-state index < -0.39 is 5.97 Å². The largest absolute Gasteiger partial charge is 0.477 e. The van der Waals surface area contributed by atoms with E-state index >= 15 is 0 Å². The number of aromatic nitrogens is 4. The number of H-pyrrole nitrogens is 1. The summed E-state index contributed by atoms with van der Waals surface area (Å²) >= 11 is 0. The Morgan fingerprint density at radius 2 is 2.00 bits per heavy atom. The average molecular weight is 268 g/mol. The molecular weight excluding hydrogens is 256 g/mol. The fourth-order valence-electron chi connectivity index (χ4n) is 1.99. The molecule has 3 rings (SSSR count). The Balaban J connectivity index is 1.93. The van der Waals surface area contributed by atoms with Crippen molar-refractivity contribution in [1.29, 1.82) is 0 Å². The summed E-state index contributed by atoms with van der Waals surface area (Å²) in [6, 6.07) is 11.1. The Morgan fingerprint density at radius 3 is 2.55 bits per heavy atom. The van der Waals surface area contributed by atoms with Gasteiger partial charge in [0.2, 0.25) is 0 Å². The zero-order chi connectivity index (χ0) is 14.1. The van der Waals surface area contributed by atoms with Gasteiger partial charge in [0.05, 0.1) is 11.4 Å². The minimum atomic E-state index is -1.02. The highest BCUT2D eigenvalue weighted by Gasteiger charge is 2.09. The van der Waals surface area contributed by atoms with Crippen LogP contribution in [0.15, 0.2) is 42.6 Å². The summed E-state index contributed by atoms with van der Waals surface area (Å²) in [4.78, 5) is 10.8. The van der Waals surface area contributed by atoms with Crippen molar-refractivity contribution < 1.29 is 9.90 Å². The minimum absolute atomic E-state index is 0.0759. The summed E-state index contributed by atoms with van der Waals surface area (Å²) in [6.45, 7) is 1.98. The molecule has 2 heterocycles. The average Bonchev–Trinajstić information content (AvgIpc) is 3.07. The molecule has 0 aliphatic rings. The van der Waals surface area contributed by atoms with Crippen LogP contribution in [0.25, 0.3) is 16.9 Å². The van der Waals surface area contributed by atoms with E-state index in [0.717, 1.165) is 16.9 Å². The molecule has 6 nitrogen and oxygen atoms in total. The molecule has 0 fully saturated rings. The molecule has 0 amide bonds. The van der Waals surface area contributed by atoms with Crippen LogP contribution in [0, 0.1) is 6.92 Å². The number of benzene rings is 1. The normalized spacial score (nSPS) is 10.7. The van der Waals surface area contributed by atoms with Crippen molar-refractivity contribution in [1.82, 2.24) is 20.0 Å². The Morgan fingerprint density at radius 1 is 1.25 bits per heavy atom.